The lowest BCUT2D eigenvalue weighted by atomic mass is 10.1. The number of hydrogen-bond donors (Lipinski definition) is 1. The molecule has 0 aliphatic heterocycles. The molecule has 0 aliphatic carbocycles. The summed E-state index contributed by atoms with van der Waals surface area (Å²) < 4.78 is 5.62. The molecule has 0 amide bonds. The monoisotopic (exact) mass is 275 g/mol. The van der Waals surface area contributed by atoms with Crippen LogP contribution in [-0.2, 0) is 9.53 Å². The lowest BCUT2D eigenvalue weighted by Crippen LogP contribution is -2.09. The zero-order valence-corrected chi connectivity index (χ0v) is 11.5. The Kier molecular flexibility index (Phi) is 6.55. The van der Waals surface area contributed by atoms with Gasteiger partial charge in [0.25, 0.3) is 0 Å². The van der Waals surface area contributed by atoms with Crippen molar-refractivity contribution in [3.05, 3.63) is 21.3 Å². The van der Waals surface area contributed by atoms with Crippen molar-refractivity contribution in [1.82, 2.24) is 0 Å². The third kappa shape index (κ3) is 5.52. The molecule has 2 N–H and O–H groups in total. The maximum atomic E-state index is 11.1. The molecule has 1 atom stereocenters. The Labute approximate surface area is 111 Å². The fourth-order valence-corrected chi connectivity index (χ4v) is 2.63. The summed E-state index contributed by atoms with van der Waals surface area (Å²) in [5.74, 6) is -0.125. The molecular weight excluding hydrogens is 258 g/mol. The van der Waals surface area contributed by atoms with Crippen LogP contribution < -0.4 is 5.73 Å². The van der Waals surface area contributed by atoms with E-state index >= 15 is 0 Å². The van der Waals surface area contributed by atoms with Crippen LogP contribution in [0.1, 0.15) is 43.5 Å². The Hall–Kier alpha value is -0.580. The normalized spacial score (nSPS) is 12.4. The van der Waals surface area contributed by atoms with E-state index in [4.69, 9.17) is 22.1 Å². The van der Waals surface area contributed by atoms with E-state index in [1.165, 1.54) is 11.3 Å². The maximum absolute atomic E-state index is 11.1. The number of hydrogen-bond acceptors (Lipinski definition) is 4. The van der Waals surface area contributed by atoms with Gasteiger partial charge in [-0.2, -0.15) is 0 Å². The molecule has 1 unspecified atom stereocenters. The predicted molar refractivity (Wildman–Crippen MR) is 71.4 cm³/mol. The van der Waals surface area contributed by atoms with Gasteiger partial charge in [-0.05, 0) is 31.9 Å². The van der Waals surface area contributed by atoms with E-state index in [0.717, 1.165) is 28.5 Å². The highest BCUT2D eigenvalue weighted by atomic mass is 35.5. The Bertz CT molecular complexity index is 354. The van der Waals surface area contributed by atoms with Gasteiger partial charge in [0.05, 0.1) is 10.9 Å². The molecule has 0 aromatic carbocycles. The van der Waals surface area contributed by atoms with Crippen LogP contribution in [0, 0.1) is 0 Å². The summed E-state index contributed by atoms with van der Waals surface area (Å²) in [6, 6.07) is 3.85. The van der Waals surface area contributed by atoms with Crippen molar-refractivity contribution in [3.8, 4) is 0 Å². The van der Waals surface area contributed by atoms with Crippen molar-refractivity contribution in [3.63, 3.8) is 0 Å². The van der Waals surface area contributed by atoms with E-state index < -0.39 is 0 Å². The summed E-state index contributed by atoms with van der Waals surface area (Å²) in [4.78, 5) is 12.2. The molecule has 0 saturated carbocycles. The summed E-state index contributed by atoms with van der Waals surface area (Å²) in [5, 5.41) is 0. The van der Waals surface area contributed by atoms with E-state index in [-0.39, 0.29) is 12.0 Å². The van der Waals surface area contributed by atoms with Gasteiger partial charge in [0.1, 0.15) is 0 Å². The number of unbranched alkanes of at least 4 members (excludes halogenated alkanes) is 1. The Balaban J connectivity index is 2.16. The number of nitrogens with two attached hydrogens (primary N) is 1. The Morgan fingerprint density at radius 1 is 1.53 bits per heavy atom. The van der Waals surface area contributed by atoms with Gasteiger partial charge in [0.2, 0.25) is 0 Å². The minimum atomic E-state index is -0.125. The zero-order valence-electron chi connectivity index (χ0n) is 9.95. The summed E-state index contributed by atoms with van der Waals surface area (Å²) in [5.41, 5.74) is 6.02. The standard InChI is InChI=1S/C12H18ClNO2S/c1-2-16-12(15)6-4-3-5-9(14)10-7-8-11(13)17-10/h7-9H,2-6,14H2,1H3. The third-order valence-electron chi connectivity index (χ3n) is 2.41. The summed E-state index contributed by atoms with van der Waals surface area (Å²) in [6.07, 6.45) is 3.10. The number of rotatable bonds is 7. The number of halogens is 1. The molecule has 1 heterocycles. The van der Waals surface area contributed by atoms with Crippen LogP contribution in [0.25, 0.3) is 0 Å². The van der Waals surface area contributed by atoms with Gasteiger partial charge in [-0.15, -0.1) is 11.3 Å². The molecule has 0 spiro atoms. The molecule has 0 saturated heterocycles. The highest BCUT2D eigenvalue weighted by Crippen LogP contribution is 2.28. The highest BCUT2D eigenvalue weighted by Gasteiger charge is 2.09. The van der Waals surface area contributed by atoms with E-state index in [1.54, 1.807) is 0 Å². The number of ether oxygens (including phenoxy) is 1. The molecule has 0 aliphatic rings. The van der Waals surface area contributed by atoms with Gasteiger partial charge in [-0.3, -0.25) is 4.79 Å². The average Bonchev–Trinajstić information content (AvgIpc) is 2.71. The second-order valence-electron chi connectivity index (χ2n) is 3.80. The van der Waals surface area contributed by atoms with Crippen molar-refractivity contribution in [1.29, 1.82) is 0 Å². The second kappa shape index (κ2) is 7.69. The van der Waals surface area contributed by atoms with E-state index in [1.807, 2.05) is 19.1 Å². The molecule has 96 valence electrons. The highest BCUT2D eigenvalue weighted by molar-refractivity contribution is 7.16. The van der Waals surface area contributed by atoms with Crippen LogP contribution in [-0.4, -0.2) is 12.6 Å². The fraction of sp³-hybridized carbons (Fsp3) is 0.583. The van der Waals surface area contributed by atoms with Gasteiger partial charge >= 0.3 is 5.97 Å². The minimum Gasteiger partial charge on any atom is -0.466 e. The average molecular weight is 276 g/mol. The lowest BCUT2D eigenvalue weighted by Gasteiger charge is -2.08. The quantitative estimate of drug-likeness (QED) is 0.612. The first-order valence-electron chi connectivity index (χ1n) is 5.80. The van der Waals surface area contributed by atoms with Crippen LogP contribution in [0.15, 0.2) is 12.1 Å². The Morgan fingerprint density at radius 3 is 2.88 bits per heavy atom. The third-order valence-corrected chi connectivity index (χ3v) is 3.77. The van der Waals surface area contributed by atoms with Crippen LogP contribution in [0.5, 0.6) is 0 Å². The molecule has 1 aromatic rings. The molecule has 3 nitrogen and oxygen atoms in total. The molecule has 0 bridgehead atoms. The molecule has 17 heavy (non-hydrogen) atoms. The second-order valence-corrected chi connectivity index (χ2v) is 5.55. The number of esters is 1. The molecular formula is C12H18ClNO2S. The zero-order chi connectivity index (χ0) is 12.7. The predicted octanol–water partition coefficient (Wildman–Crippen LogP) is 3.52. The topological polar surface area (TPSA) is 52.3 Å². The first kappa shape index (κ1) is 14.5. The summed E-state index contributed by atoms with van der Waals surface area (Å²) in [6.45, 7) is 2.26. The van der Waals surface area contributed by atoms with Crippen LogP contribution in [0.2, 0.25) is 4.34 Å². The van der Waals surface area contributed by atoms with Gasteiger partial charge in [0, 0.05) is 17.3 Å². The van der Waals surface area contributed by atoms with Gasteiger partial charge in [-0.1, -0.05) is 18.0 Å². The van der Waals surface area contributed by atoms with Crippen molar-refractivity contribution in [2.24, 2.45) is 5.73 Å². The fourth-order valence-electron chi connectivity index (χ4n) is 1.54. The SMILES string of the molecule is CCOC(=O)CCCCC(N)c1ccc(Cl)s1. The van der Waals surface area contributed by atoms with Crippen molar-refractivity contribution in [2.75, 3.05) is 6.61 Å². The Morgan fingerprint density at radius 2 is 2.29 bits per heavy atom. The van der Waals surface area contributed by atoms with Crippen LogP contribution >= 0.6 is 22.9 Å². The van der Waals surface area contributed by atoms with Gasteiger partial charge < -0.3 is 10.5 Å². The molecule has 0 fully saturated rings. The first-order chi connectivity index (χ1) is 8.13. The minimum absolute atomic E-state index is 0.0229. The summed E-state index contributed by atoms with van der Waals surface area (Å²) >= 11 is 7.36. The van der Waals surface area contributed by atoms with Crippen molar-refractivity contribution >= 4 is 28.9 Å². The molecule has 1 rings (SSSR count). The molecule has 1 aromatic heterocycles. The first-order valence-corrected chi connectivity index (χ1v) is 6.99. The largest absolute Gasteiger partial charge is 0.466 e. The van der Waals surface area contributed by atoms with E-state index in [0.29, 0.717) is 13.0 Å². The number of thiophene rings is 1. The number of carbonyl (C=O) groups excluding carboxylic acids is 1. The number of carbonyl (C=O) groups is 1. The van der Waals surface area contributed by atoms with Gasteiger partial charge in [-0.25, -0.2) is 0 Å². The molecule has 5 heteroatoms. The lowest BCUT2D eigenvalue weighted by molar-refractivity contribution is -0.143. The maximum Gasteiger partial charge on any atom is 0.305 e. The summed E-state index contributed by atoms with van der Waals surface area (Å²) in [7, 11) is 0. The smallest absolute Gasteiger partial charge is 0.305 e. The van der Waals surface area contributed by atoms with Crippen molar-refractivity contribution < 1.29 is 9.53 Å². The van der Waals surface area contributed by atoms with E-state index in [2.05, 4.69) is 0 Å². The van der Waals surface area contributed by atoms with Crippen LogP contribution in [0.4, 0.5) is 0 Å². The van der Waals surface area contributed by atoms with Crippen molar-refractivity contribution in [2.45, 2.75) is 38.6 Å². The van der Waals surface area contributed by atoms with Crippen LogP contribution in [0.3, 0.4) is 0 Å². The van der Waals surface area contributed by atoms with E-state index in [9.17, 15) is 4.79 Å². The van der Waals surface area contributed by atoms with Gasteiger partial charge in [0.15, 0.2) is 0 Å². The molecule has 0 radical (unpaired) electrons.